The van der Waals surface area contributed by atoms with Crippen LogP contribution in [-0.4, -0.2) is 57.5 Å². The minimum Gasteiger partial charge on any atom is -0.460 e. The highest BCUT2D eigenvalue weighted by Gasteiger charge is 2.21. The van der Waals surface area contributed by atoms with Crippen molar-refractivity contribution in [3.8, 4) is 0 Å². The minimum absolute atomic E-state index is 0.185. The Kier molecular flexibility index (Phi) is 9.19. The number of epoxide rings is 1. The second-order valence-electron chi connectivity index (χ2n) is 4.62. The van der Waals surface area contributed by atoms with Gasteiger partial charge >= 0.3 is 5.97 Å². The number of ether oxygens (including phenoxy) is 4. The van der Waals surface area contributed by atoms with Crippen LogP contribution in [0.1, 0.15) is 32.6 Å². The maximum atomic E-state index is 11.0. The highest BCUT2D eigenvalue weighted by molar-refractivity contribution is 6.33. The first-order valence-corrected chi connectivity index (χ1v) is 7.21. The fraction of sp³-hybridized carbons (Fsp3) is 0.857. The number of hydrogen-bond donors (Lipinski definition) is 0. The second kappa shape index (κ2) is 10.8. The predicted molar refractivity (Wildman–Crippen MR) is 71.5 cm³/mol. The molecule has 0 saturated carbocycles. The molecular weight excluding hydrogens is 264 g/mol. The molecule has 1 fully saturated rings. The first-order chi connectivity index (χ1) is 9.74. The number of rotatable bonds is 13. The first-order valence-electron chi connectivity index (χ1n) is 7.21. The van der Waals surface area contributed by atoms with Crippen LogP contribution in [-0.2, 0) is 28.5 Å². The van der Waals surface area contributed by atoms with E-state index in [0.717, 1.165) is 26.1 Å². The van der Waals surface area contributed by atoms with E-state index in [1.54, 1.807) is 6.92 Å². The Balaban J connectivity index is 1.73. The summed E-state index contributed by atoms with van der Waals surface area (Å²) in [5.74, 6) is -1.23. The molecule has 116 valence electrons. The quantitative estimate of drug-likeness (QED) is 0.219. The van der Waals surface area contributed by atoms with Gasteiger partial charge in [-0.15, -0.1) is 0 Å². The number of hydrogen-bond acceptors (Lipinski definition) is 6. The zero-order chi connectivity index (χ0) is 14.6. The van der Waals surface area contributed by atoms with E-state index in [-0.39, 0.29) is 13.0 Å². The van der Waals surface area contributed by atoms with Gasteiger partial charge in [-0.1, -0.05) is 6.92 Å². The van der Waals surface area contributed by atoms with Crippen molar-refractivity contribution in [2.24, 2.45) is 0 Å². The van der Waals surface area contributed by atoms with Gasteiger partial charge in [0.2, 0.25) is 5.78 Å². The van der Waals surface area contributed by atoms with Crippen LogP contribution in [0.5, 0.6) is 0 Å². The molecule has 0 radical (unpaired) electrons. The van der Waals surface area contributed by atoms with E-state index in [0.29, 0.717) is 32.3 Å². The number of unbranched alkanes of at least 4 members (excludes halogenated alkanes) is 1. The van der Waals surface area contributed by atoms with Crippen molar-refractivity contribution in [3.63, 3.8) is 0 Å². The smallest absolute Gasteiger partial charge is 0.374 e. The van der Waals surface area contributed by atoms with Crippen molar-refractivity contribution in [3.05, 3.63) is 0 Å². The van der Waals surface area contributed by atoms with Gasteiger partial charge in [0.25, 0.3) is 0 Å². The standard InChI is InChI=1S/C14H24O6/c1-2-13(15)14(16)19-9-5-8-17-6-3-4-7-18-10-12-11-20-12/h12H,2-11H2,1H3. The molecule has 0 aliphatic carbocycles. The molecule has 0 aromatic heterocycles. The molecule has 1 aliphatic rings. The van der Waals surface area contributed by atoms with Crippen LogP contribution in [0.3, 0.4) is 0 Å². The van der Waals surface area contributed by atoms with E-state index in [1.807, 2.05) is 0 Å². The van der Waals surface area contributed by atoms with Crippen molar-refractivity contribution in [1.82, 2.24) is 0 Å². The molecule has 1 unspecified atom stereocenters. The molecule has 0 aromatic carbocycles. The first kappa shape index (κ1) is 17.1. The Morgan fingerprint density at radius 1 is 1.05 bits per heavy atom. The summed E-state index contributed by atoms with van der Waals surface area (Å²) in [5, 5.41) is 0. The highest BCUT2D eigenvalue weighted by Crippen LogP contribution is 2.08. The Morgan fingerprint density at radius 3 is 2.35 bits per heavy atom. The highest BCUT2D eigenvalue weighted by atomic mass is 16.6. The van der Waals surface area contributed by atoms with E-state index in [9.17, 15) is 9.59 Å². The Morgan fingerprint density at radius 2 is 1.70 bits per heavy atom. The minimum atomic E-state index is -0.746. The van der Waals surface area contributed by atoms with Crippen LogP contribution < -0.4 is 0 Å². The summed E-state index contributed by atoms with van der Waals surface area (Å²) in [6.45, 7) is 5.33. The molecule has 1 heterocycles. The summed E-state index contributed by atoms with van der Waals surface area (Å²) in [4.78, 5) is 22.0. The van der Waals surface area contributed by atoms with Crippen molar-refractivity contribution in [2.45, 2.75) is 38.7 Å². The molecule has 1 saturated heterocycles. The molecule has 0 spiro atoms. The van der Waals surface area contributed by atoms with Gasteiger partial charge < -0.3 is 18.9 Å². The zero-order valence-electron chi connectivity index (χ0n) is 12.1. The van der Waals surface area contributed by atoms with Crippen molar-refractivity contribution in [2.75, 3.05) is 39.6 Å². The van der Waals surface area contributed by atoms with Gasteiger partial charge in [0.15, 0.2) is 0 Å². The lowest BCUT2D eigenvalue weighted by atomic mass is 10.3. The van der Waals surface area contributed by atoms with Gasteiger partial charge in [-0.05, 0) is 12.8 Å². The van der Waals surface area contributed by atoms with Crippen LogP contribution in [0.2, 0.25) is 0 Å². The van der Waals surface area contributed by atoms with Gasteiger partial charge in [0.05, 0.1) is 19.8 Å². The van der Waals surface area contributed by atoms with Crippen molar-refractivity contribution < 1.29 is 28.5 Å². The average Bonchev–Trinajstić information content (AvgIpc) is 3.27. The summed E-state index contributed by atoms with van der Waals surface area (Å²) in [6.07, 6.45) is 3.03. The predicted octanol–water partition coefficient (Wildman–Crippen LogP) is 1.11. The van der Waals surface area contributed by atoms with Crippen LogP contribution in [0.4, 0.5) is 0 Å². The Labute approximate surface area is 119 Å². The number of carbonyl (C=O) groups excluding carboxylic acids is 2. The molecular formula is C14H24O6. The van der Waals surface area contributed by atoms with E-state index < -0.39 is 11.8 Å². The normalized spacial score (nSPS) is 16.9. The lowest BCUT2D eigenvalue weighted by Gasteiger charge is -2.05. The molecule has 0 aromatic rings. The van der Waals surface area contributed by atoms with E-state index in [1.165, 1.54) is 0 Å². The van der Waals surface area contributed by atoms with E-state index in [4.69, 9.17) is 18.9 Å². The SMILES string of the molecule is CCC(=O)C(=O)OCCCOCCCCOCC1CO1. The lowest BCUT2D eigenvalue weighted by Crippen LogP contribution is -2.17. The monoisotopic (exact) mass is 288 g/mol. The maximum Gasteiger partial charge on any atom is 0.374 e. The zero-order valence-corrected chi connectivity index (χ0v) is 12.1. The maximum absolute atomic E-state index is 11.0. The summed E-state index contributed by atoms with van der Waals surface area (Å²) >= 11 is 0. The number of carbonyl (C=O) groups is 2. The van der Waals surface area contributed by atoms with Crippen molar-refractivity contribution in [1.29, 1.82) is 0 Å². The largest absolute Gasteiger partial charge is 0.460 e. The summed E-state index contributed by atoms with van der Waals surface area (Å²) in [5.41, 5.74) is 0. The third-order valence-corrected chi connectivity index (χ3v) is 2.75. The number of ketones is 1. The van der Waals surface area contributed by atoms with Gasteiger partial charge in [-0.25, -0.2) is 4.79 Å². The summed E-state index contributed by atoms with van der Waals surface area (Å²) in [6, 6.07) is 0. The van der Waals surface area contributed by atoms with E-state index in [2.05, 4.69) is 0 Å². The summed E-state index contributed by atoms with van der Waals surface area (Å²) < 4.78 is 20.6. The third-order valence-electron chi connectivity index (χ3n) is 2.75. The van der Waals surface area contributed by atoms with Gasteiger partial charge in [0.1, 0.15) is 6.10 Å². The lowest BCUT2D eigenvalue weighted by molar-refractivity contribution is -0.154. The van der Waals surface area contributed by atoms with Crippen molar-refractivity contribution >= 4 is 11.8 Å². The number of Topliss-reactive ketones (excluding diaryl/α,β-unsaturated/α-hetero) is 1. The molecule has 1 rings (SSSR count). The molecule has 1 aliphatic heterocycles. The molecule has 0 bridgehead atoms. The third kappa shape index (κ3) is 9.01. The molecule has 6 heteroatoms. The second-order valence-corrected chi connectivity index (χ2v) is 4.62. The molecule has 20 heavy (non-hydrogen) atoms. The van der Waals surface area contributed by atoms with Crippen LogP contribution in [0.25, 0.3) is 0 Å². The molecule has 0 N–H and O–H groups in total. The van der Waals surface area contributed by atoms with Crippen LogP contribution in [0.15, 0.2) is 0 Å². The fourth-order valence-electron chi connectivity index (χ4n) is 1.44. The molecule has 6 nitrogen and oxygen atoms in total. The van der Waals surface area contributed by atoms with Crippen LogP contribution in [0, 0.1) is 0 Å². The van der Waals surface area contributed by atoms with E-state index >= 15 is 0 Å². The van der Waals surface area contributed by atoms with Gasteiger partial charge in [-0.3, -0.25) is 4.79 Å². The molecule has 0 amide bonds. The fourth-order valence-corrected chi connectivity index (χ4v) is 1.44. The number of esters is 1. The van der Waals surface area contributed by atoms with Gasteiger partial charge in [0, 0.05) is 32.7 Å². The molecule has 1 atom stereocenters. The van der Waals surface area contributed by atoms with Gasteiger partial charge in [-0.2, -0.15) is 0 Å². The average molecular weight is 288 g/mol. The topological polar surface area (TPSA) is 74.4 Å². The summed E-state index contributed by atoms with van der Waals surface area (Å²) in [7, 11) is 0. The van der Waals surface area contributed by atoms with Crippen LogP contribution >= 0.6 is 0 Å². The Hall–Kier alpha value is -0.980. The Bertz CT molecular complexity index is 287.